The topological polar surface area (TPSA) is 54.4 Å². The van der Waals surface area contributed by atoms with Gasteiger partial charge >= 0.3 is 0 Å². The number of allylic oxidation sites excluding steroid dienone is 4. The maximum Gasteiger partial charge on any atom is 0.300 e. The summed E-state index contributed by atoms with van der Waals surface area (Å²) >= 11 is 0. The van der Waals surface area contributed by atoms with E-state index in [1.807, 2.05) is 6.92 Å². The molecule has 1 N–H and O–H groups in total. The molecule has 0 radical (unpaired) electrons. The summed E-state index contributed by atoms with van der Waals surface area (Å²) < 4.78 is 0. The van der Waals surface area contributed by atoms with Crippen molar-refractivity contribution in [3.63, 3.8) is 0 Å². The van der Waals surface area contributed by atoms with Crippen LogP contribution in [0.25, 0.3) is 0 Å². The Morgan fingerprint density at radius 3 is 2.00 bits per heavy atom. The fraction of sp³-hybridized carbons (Fsp3) is 0.500. The number of carbonyl (C=O) groups excluding carboxylic acids is 1. The monoisotopic (exact) mass is 212 g/mol. The van der Waals surface area contributed by atoms with Crippen molar-refractivity contribution in [1.29, 1.82) is 0 Å². The summed E-state index contributed by atoms with van der Waals surface area (Å²) in [5.74, 6) is -0.833. The van der Waals surface area contributed by atoms with Crippen LogP contribution in [0, 0.1) is 0 Å². The number of aliphatic carboxylic acids is 1. The van der Waals surface area contributed by atoms with Gasteiger partial charge in [-0.15, -0.1) is 0 Å². The molecule has 0 aromatic heterocycles. The minimum absolute atomic E-state index is 0.833. The molecule has 0 spiro atoms. The van der Waals surface area contributed by atoms with Crippen LogP contribution in [0.15, 0.2) is 23.3 Å². The van der Waals surface area contributed by atoms with Gasteiger partial charge in [-0.3, -0.25) is 9.59 Å². The maximum atomic E-state index is 10.0. The molecule has 0 atom stereocenters. The highest BCUT2D eigenvalue weighted by Gasteiger charge is 1.86. The lowest BCUT2D eigenvalue weighted by molar-refractivity contribution is -0.134. The van der Waals surface area contributed by atoms with E-state index in [-0.39, 0.29) is 0 Å². The molecule has 0 aliphatic carbocycles. The van der Waals surface area contributed by atoms with E-state index in [0.717, 1.165) is 31.6 Å². The summed E-state index contributed by atoms with van der Waals surface area (Å²) in [6.07, 6.45) is 6.68. The molecule has 0 unspecified atom stereocenters. The number of carbonyl (C=O) groups is 2. The first-order valence-corrected chi connectivity index (χ1v) is 4.84. The van der Waals surface area contributed by atoms with Crippen LogP contribution in [0.2, 0.25) is 0 Å². The Kier molecular flexibility index (Phi) is 11.5. The Labute approximate surface area is 91.5 Å². The second-order valence-corrected chi connectivity index (χ2v) is 3.49. The van der Waals surface area contributed by atoms with Crippen molar-refractivity contribution in [2.24, 2.45) is 0 Å². The van der Waals surface area contributed by atoms with Gasteiger partial charge in [-0.1, -0.05) is 17.2 Å². The second kappa shape index (κ2) is 10.7. The second-order valence-electron chi connectivity index (χ2n) is 3.49. The zero-order chi connectivity index (χ0) is 12.3. The van der Waals surface area contributed by atoms with E-state index >= 15 is 0 Å². The van der Waals surface area contributed by atoms with Crippen LogP contribution < -0.4 is 0 Å². The number of carboxylic acid groups (broad SMARTS) is 1. The van der Waals surface area contributed by atoms with Gasteiger partial charge in [0.2, 0.25) is 0 Å². The van der Waals surface area contributed by atoms with E-state index in [2.05, 4.69) is 19.9 Å². The van der Waals surface area contributed by atoms with E-state index in [0.29, 0.717) is 0 Å². The van der Waals surface area contributed by atoms with Crippen LogP contribution in [0.4, 0.5) is 0 Å². The summed E-state index contributed by atoms with van der Waals surface area (Å²) in [5, 5.41) is 7.42. The highest BCUT2D eigenvalue weighted by atomic mass is 16.4. The summed E-state index contributed by atoms with van der Waals surface area (Å²) in [4.78, 5) is 19.0. The Morgan fingerprint density at radius 1 is 1.20 bits per heavy atom. The van der Waals surface area contributed by atoms with Gasteiger partial charge in [0.05, 0.1) is 0 Å². The number of carboxylic acids is 1. The smallest absolute Gasteiger partial charge is 0.300 e. The predicted octanol–water partition coefficient (Wildman–Crippen LogP) is 2.97. The molecule has 0 aliphatic heterocycles. The van der Waals surface area contributed by atoms with Crippen LogP contribution in [-0.2, 0) is 9.59 Å². The third-order valence-corrected chi connectivity index (χ3v) is 1.44. The molecule has 0 saturated heterocycles. The molecule has 0 aromatic rings. The zero-order valence-electron chi connectivity index (χ0n) is 9.91. The summed E-state index contributed by atoms with van der Waals surface area (Å²) in [7, 11) is 0. The highest BCUT2D eigenvalue weighted by Crippen LogP contribution is 2.05. The van der Waals surface area contributed by atoms with Gasteiger partial charge in [-0.2, -0.15) is 0 Å². The standard InChI is InChI=1S/C10H16O.C2H4O2/c1-9(2)5-4-6-10(3)7-8-11;1-2(3)4/h5,7-8H,4,6H2,1-3H3;1H3,(H,3,4)/b10-7-;. The molecule has 0 aliphatic rings. The van der Waals surface area contributed by atoms with E-state index in [9.17, 15) is 4.79 Å². The average molecular weight is 212 g/mol. The predicted molar refractivity (Wildman–Crippen MR) is 61.8 cm³/mol. The molecule has 3 nitrogen and oxygen atoms in total. The summed E-state index contributed by atoms with van der Waals surface area (Å²) in [5.41, 5.74) is 2.49. The Hall–Kier alpha value is -1.38. The van der Waals surface area contributed by atoms with Crippen LogP contribution in [0.1, 0.15) is 40.5 Å². The largest absolute Gasteiger partial charge is 0.481 e. The zero-order valence-corrected chi connectivity index (χ0v) is 9.91. The third kappa shape index (κ3) is 24.5. The maximum absolute atomic E-state index is 10.0. The highest BCUT2D eigenvalue weighted by molar-refractivity contribution is 5.65. The molecular formula is C12H20O3. The fourth-order valence-electron chi connectivity index (χ4n) is 0.788. The molecule has 86 valence electrons. The lowest BCUT2D eigenvalue weighted by atomic mass is 10.1. The number of rotatable bonds is 4. The Bertz CT molecular complexity index is 242. The summed E-state index contributed by atoms with van der Waals surface area (Å²) in [6.45, 7) is 7.23. The first-order valence-electron chi connectivity index (χ1n) is 4.84. The first kappa shape index (κ1) is 16.1. The van der Waals surface area contributed by atoms with Crippen molar-refractivity contribution < 1.29 is 14.7 Å². The lowest BCUT2D eigenvalue weighted by Gasteiger charge is -1.94. The molecule has 0 rings (SSSR count). The van der Waals surface area contributed by atoms with Crippen molar-refractivity contribution in [3.8, 4) is 0 Å². The number of aldehydes is 1. The third-order valence-electron chi connectivity index (χ3n) is 1.44. The van der Waals surface area contributed by atoms with Gasteiger partial charge in [0.1, 0.15) is 6.29 Å². The van der Waals surface area contributed by atoms with Crippen LogP contribution >= 0.6 is 0 Å². The van der Waals surface area contributed by atoms with Gasteiger partial charge in [-0.05, 0) is 39.7 Å². The molecule has 0 saturated carbocycles. The normalized spacial score (nSPS) is 9.73. The van der Waals surface area contributed by atoms with Crippen molar-refractivity contribution in [2.45, 2.75) is 40.5 Å². The fourth-order valence-corrected chi connectivity index (χ4v) is 0.788. The van der Waals surface area contributed by atoms with Crippen LogP contribution in [0.3, 0.4) is 0 Å². The Balaban J connectivity index is 0. The van der Waals surface area contributed by atoms with Gasteiger partial charge in [0.25, 0.3) is 5.97 Å². The van der Waals surface area contributed by atoms with Crippen molar-refractivity contribution in [2.75, 3.05) is 0 Å². The molecule has 0 fully saturated rings. The van der Waals surface area contributed by atoms with Gasteiger partial charge in [0, 0.05) is 6.92 Å². The molecule has 0 heterocycles. The first-order chi connectivity index (χ1) is 6.90. The molecule has 0 amide bonds. The molecule has 0 bridgehead atoms. The Morgan fingerprint density at radius 2 is 1.67 bits per heavy atom. The van der Waals surface area contributed by atoms with E-state index < -0.39 is 5.97 Å². The van der Waals surface area contributed by atoms with Crippen molar-refractivity contribution in [3.05, 3.63) is 23.3 Å². The molecule has 0 aromatic carbocycles. The van der Waals surface area contributed by atoms with Gasteiger partial charge in [-0.25, -0.2) is 0 Å². The average Bonchev–Trinajstić information content (AvgIpc) is 2.02. The summed E-state index contributed by atoms with van der Waals surface area (Å²) in [6, 6.07) is 0. The SMILES string of the molecule is CC(=O)O.CC(C)=CCC/C(C)=C\C=O. The quantitative estimate of drug-likeness (QED) is 0.443. The van der Waals surface area contributed by atoms with Crippen molar-refractivity contribution >= 4 is 12.3 Å². The van der Waals surface area contributed by atoms with Crippen LogP contribution in [-0.4, -0.2) is 17.4 Å². The molecular weight excluding hydrogens is 192 g/mol. The van der Waals surface area contributed by atoms with Crippen molar-refractivity contribution in [1.82, 2.24) is 0 Å². The van der Waals surface area contributed by atoms with E-state index in [4.69, 9.17) is 9.90 Å². The lowest BCUT2D eigenvalue weighted by Crippen LogP contribution is -1.78. The number of hydrogen-bond acceptors (Lipinski definition) is 2. The van der Waals surface area contributed by atoms with Gasteiger partial charge in [0.15, 0.2) is 0 Å². The molecule has 15 heavy (non-hydrogen) atoms. The minimum atomic E-state index is -0.833. The van der Waals surface area contributed by atoms with E-state index in [1.54, 1.807) is 6.08 Å². The molecule has 3 heteroatoms. The van der Waals surface area contributed by atoms with E-state index in [1.165, 1.54) is 5.57 Å². The van der Waals surface area contributed by atoms with Gasteiger partial charge < -0.3 is 5.11 Å². The number of hydrogen-bond donors (Lipinski definition) is 1. The minimum Gasteiger partial charge on any atom is -0.481 e. The van der Waals surface area contributed by atoms with Crippen LogP contribution in [0.5, 0.6) is 0 Å².